The summed E-state index contributed by atoms with van der Waals surface area (Å²) in [6, 6.07) is 15.2. The Kier molecular flexibility index (Phi) is 5.49. The number of nitrogens with one attached hydrogen (secondary N) is 1. The molecule has 0 amide bonds. The molecule has 1 aliphatic carbocycles. The fourth-order valence-corrected chi connectivity index (χ4v) is 4.58. The Hall–Kier alpha value is -2.73. The average Bonchev–Trinajstić information content (AvgIpc) is 3.38. The van der Waals surface area contributed by atoms with E-state index in [1.54, 1.807) is 11.3 Å². The fraction of sp³-hybridized carbons (Fsp3) is 0.375. The van der Waals surface area contributed by atoms with E-state index in [1.165, 1.54) is 34.4 Å². The largest absolute Gasteiger partial charge is 0.385 e. The highest BCUT2D eigenvalue weighted by atomic mass is 32.1. The van der Waals surface area contributed by atoms with Gasteiger partial charge in [-0.25, -0.2) is 4.98 Å². The van der Waals surface area contributed by atoms with E-state index in [2.05, 4.69) is 69.8 Å². The normalized spacial score (nSPS) is 13.8. The van der Waals surface area contributed by atoms with Crippen LogP contribution in [0.5, 0.6) is 0 Å². The lowest BCUT2D eigenvalue weighted by Gasteiger charge is -2.09. The lowest BCUT2D eigenvalue weighted by atomic mass is 10.0. The number of rotatable bonds is 9. The Morgan fingerprint density at radius 2 is 1.93 bits per heavy atom. The van der Waals surface area contributed by atoms with E-state index in [0.717, 1.165) is 54.5 Å². The second kappa shape index (κ2) is 8.56. The summed E-state index contributed by atoms with van der Waals surface area (Å²) in [5.41, 5.74) is 4.72. The molecule has 4 aromatic rings. The molecule has 6 heteroatoms. The molecule has 0 aliphatic heterocycles. The van der Waals surface area contributed by atoms with Gasteiger partial charge in [-0.1, -0.05) is 29.8 Å². The maximum Gasteiger partial charge on any atom is 0.226 e. The lowest BCUT2D eigenvalue weighted by molar-refractivity contribution is 0.369. The van der Waals surface area contributed by atoms with Gasteiger partial charge < -0.3 is 9.84 Å². The van der Waals surface area contributed by atoms with Crippen molar-refractivity contribution in [1.82, 2.24) is 15.1 Å². The van der Waals surface area contributed by atoms with Gasteiger partial charge in [-0.2, -0.15) is 4.98 Å². The van der Waals surface area contributed by atoms with Gasteiger partial charge in [0.2, 0.25) is 5.89 Å². The molecule has 1 N–H and O–H groups in total. The minimum Gasteiger partial charge on any atom is -0.385 e. The molecule has 5 rings (SSSR count). The third-order valence-corrected chi connectivity index (χ3v) is 6.45. The van der Waals surface area contributed by atoms with Crippen LogP contribution in [-0.2, 0) is 6.42 Å². The van der Waals surface area contributed by atoms with Crippen LogP contribution in [-0.4, -0.2) is 21.7 Å². The predicted molar refractivity (Wildman–Crippen MR) is 122 cm³/mol. The minimum absolute atomic E-state index is 0.565. The smallest absolute Gasteiger partial charge is 0.226 e. The van der Waals surface area contributed by atoms with Crippen LogP contribution in [0.25, 0.3) is 21.3 Å². The van der Waals surface area contributed by atoms with Crippen LogP contribution in [0.4, 0.5) is 5.69 Å². The third-order valence-electron chi connectivity index (χ3n) is 5.51. The fourth-order valence-electron chi connectivity index (χ4n) is 3.72. The van der Waals surface area contributed by atoms with E-state index in [9.17, 15) is 0 Å². The summed E-state index contributed by atoms with van der Waals surface area (Å²) in [5.74, 6) is 2.28. The second-order valence-electron chi connectivity index (χ2n) is 8.05. The molecule has 0 radical (unpaired) electrons. The van der Waals surface area contributed by atoms with Crippen molar-refractivity contribution in [2.45, 2.75) is 51.4 Å². The maximum absolute atomic E-state index is 5.35. The number of hydrogen-bond donors (Lipinski definition) is 1. The van der Waals surface area contributed by atoms with Crippen molar-refractivity contribution < 1.29 is 4.52 Å². The lowest BCUT2D eigenvalue weighted by Crippen LogP contribution is -2.01. The summed E-state index contributed by atoms with van der Waals surface area (Å²) in [4.78, 5) is 9.05. The molecule has 2 aromatic heterocycles. The Morgan fingerprint density at radius 3 is 2.83 bits per heavy atom. The molecule has 0 spiro atoms. The molecule has 2 aromatic carbocycles. The van der Waals surface area contributed by atoms with Gasteiger partial charge in [0.1, 0.15) is 0 Å². The number of benzene rings is 2. The summed E-state index contributed by atoms with van der Waals surface area (Å²) < 4.78 is 6.59. The molecule has 1 aliphatic rings. The molecule has 0 saturated heterocycles. The van der Waals surface area contributed by atoms with Crippen molar-refractivity contribution in [2.75, 3.05) is 11.9 Å². The molecule has 30 heavy (non-hydrogen) atoms. The standard InChI is InChI=1S/C24H26N4OS/c1-16-26-21-12-11-19(15-22(21)30-16)18-6-5-7-20(14-18)25-13-4-2-3-8-23-27-24(28-29-23)17-9-10-17/h5-7,11-12,14-15,17,25H,2-4,8-10,13H2,1H3. The van der Waals surface area contributed by atoms with Gasteiger partial charge in [0.15, 0.2) is 5.82 Å². The van der Waals surface area contributed by atoms with Gasteiger partial charge >= 0.3 is 0 Å². The third kappa shape index (κ3) is 4.54. The molecule has 1 saturated carbocycles. The first kappa shape index (κ1) is 19.2. The highest BCUT2D eigenvalue weighted by molar-refractivity contribution is 7.18. The summed E-state index contributed by atoms with van der Waals surface area (Å²) >= 11 is 1.75. The van der Waals surface area contributed by atoms with Crippen LogP contribution in [0.2, 0.25) is 0 Å². The van der Waals surface area contributed by atoms with Crippen LogP contribution >= 0.6 is 11.3 Å². The van der Waals surface area contributed by atoms with E-state index < -0.39 is 0 Å². The summed E-state index contributed by atoms with van der Waals surface area (Å²) in [5, 5.41) is 8.75. The van der Waals surface area contributed by atoms with Crippen LogP contribution in [0.3, 0.4) is 0 Å². The van der Waals surface area contributed by atoms with Gasteiger partial charge in [-0.15, -0.1) is 11.3 Å². The second-order valence-corrected chi connectivity index (χ2v) is 9.29. The molecule has 0 unspecified atom stereocenters. The molecular weight excluding hydrogens is 392 g/mol. The molecule has 1 fully saturated rings. The Bertz CT molecular complexity index is 1150. The van der Waals surface area contributed by atoms with Crippen molar-refractivity contribution in [2.24, 2.45) is 0 Å². The van der Waals surface area contributed by atoms with E-state index in [4.69, 9.17) is 4.52 Å². The van der Waals surface area contributed by atoms with E-state index >= 15 is 0 Å². The number of unbranched alkanes of at least 4 members (excludes halogenated alkanes) is 2. The van der Waals surface area contributed by atoms with Gasteiger partial charge in [-0.3, -0.25) is 0 Å². The van der Waals surface area contributed by atoms with Crippen molar-refractivity contribution in [3.63, 3.8) is 0 Å². The topological polar surface area (TPSA) is 63.8 Å². The Balaban J connectivity index is 1.10. The number of anilines is 1. The summed E-state index contributed by atoms with van der Waals surface area (Å²) in [7, 11) is 0. The number of fused-ring (bicyclic) bond motifs is 1. The van der Waals surface area contributed by atoms with E-state index in [-0.39, 0.29) is 0 Å². The quantitative estimate of drug-likeness (QED) is 0.321. The van der Waals surface area contributed by atoms with Crippen LogP contribution in [0.1, 0.15) is 54.7 Å². The van der Waals surface area contributed by atoms with Crippen LogP contribution < -0.4 is 5.32 Å². The molecular formula is C24H26N4OS. The van der Waals surface area contributed by atoms with Crippen molar-refractivity contribution in [3.05, 3.63) is 59.2 Å². The number of aromatic nitrogens is 3. The van der Waals surface area contributed by atoms with Crippen molar-refractivity contribution >= 4 is 27.2 Å². The first-order valence-electron chi connectivity index (χ1n) is 10.8. The molecule has 5 nitrogen and oxygen atoms in total. The van der Waals surface area contributed by atoms with Crippen LogP contribution in [0, 0.1) is 6.92 Å². The maximum atomic E-state index is 5.35. The highest BCUT2D eigenvalue weighted by Gasteiger charge is 2.28. The zero-order valence-electron chi connectivity index (χ0n) is 17.2. The highest BCUT2D eigenvalue weighted by Crippen LogP contribution is 2.38. The Morgan fingerprint density at radius 1 is 1.03 bits per heavy atom. The molecule has 0 bridgehead atoms. The van der Waals surface area contributed by atoms with E-state index in [1.807, 2.05) is 0 Å². The number of aryl methyl sites for hydroxylation is 2. The zero-order chi connectivity index (χ0) is 20.3. The van der Waals surface area contributed by atoms with Gasteiger partial charge in [0.05, 0.1) is 15.2 Å². The van der Waals surface area contributed by atoms with Crippen molar-refractivity contribution in [3.8, 4) is 11.1 Å². The SMILES string of the molecule is Cc1nc2ccc(-c3cccc(NCCCCCc4nc(C5CC5)no4)c3)cc2s1. The molecule has 0 atom stereocenters. The number of nitrogens with zero attached hydrogens (tertiary/aromatic N) is 3. The Labute approximate surface area is 180 Å². The molecule has 2 heterocycles. The summed E-state index contributed by atoms with van der Waals surface area (Å²) in [6.07, 6.45) is 6.67. The number of thiazole rings is 1. The molecule has 154 valence electrons. The first-order chi connectivity index (χ1) is 14.7. The average molecular weight is 419 g/mol. The first-order valence-corrected chi connectivity index (χ1v) is 11.6. The summed E-state index contributed by atoms with van der Waals surface area (Å²) in [6.45, 7) is 3.02. The van der Waals surface area contributed by atoms with Gasteiger partial charge in [0, 0.05) is 24.6 Å². The van der Waals surface area contributed by atoms with E-state index in [0.29, 0.717) is 5.92 Å². The van der Waals surface area contributed by atoms with Gasteiger partial charge in [-0.05, 0) is 68.0 Å². The monoisotopic (exact) mass is 418 g/mol. The number of hydrogen-bond acceptors (Lipinski definition) is 6. The van der Waals surface area contributed by atoms with Crippen LogP contribution in [0.15, 0.2) is 47.0 Å². The zero-order valence-corrected chi connectivity index (χ0v) is 18.0. The minimum atomic E-state index is 0.565. The van der Waals surface area contributed by atoms with Crippen molar-refractivity contribution in [1.29, 1.82) is 0 Å². The van der Waals surface area contributed by atoms with Gasteiger partial charge in [0.25, 0.3) is 0 Å². The predicted octanol–water partition coefficient (Wildman–Crippen LogP) is 6.36.